The molecule has 4 atom stereocenters. The highest BCUT2D eigenvalue weighted by Crippen LogP contribution is 2.60. The Labute approximate surface area is 310 Å². The monoisotopic (exact) mass is 739 g/mol. The number of anilines is 2. The van der Waals surface area contributed by atoms with Gasteiger partial charge in [0.2, 0.25) is 14.3 Å². The number of hydrogen-bond donors (Lipinski definition) is 2. The minimum Gasteiger partial charge on any atom is -0.497 e. The second-order valence-corrected chi connectivity index (χ2v) is 17.9. The van der Waals surface area contributed by atoms with Crippen LogP contribution in [0.5, 0.6) is 11.5 Å². The van der Waals surface area contributed by atoms with Crippen molar-refractivity contribution < 1.29 is 37.8 Å². The first kappa shape index (κ1) is 37.7. The molecule has 2 aliphatic rings. The molecule has 0 aromatic heterocycles. The average molecular weight is 740 g/mol. The van der Waals surface area contributed by atoms with Gasteiger partial charge in [0, 0.05) is 41.4 Å². The van der Waals surface area contributed by atoms with Crippen molar-refractivity contribution in [2.75, 3.05) is 37.6 Å². The molecule has 2 N–H and O–H groups in total. The topological polar surface area (TPSA) is 118 Å². The van der Waals surface area contributed by atoms with Crippen molar-refractivity contribution in [3.8, 4) is 11.5 Å². The van der Waals surface area contributed by atoms with Gasteiger partial charge in [0.25, 0.3) is 11.8 Å². The minimum atomic E-state index is -3.54. The lowest BCUT2D eigenvalue weighted by Gasteiger charge is -2.31. The van der Waals surface area contributed by atoms with Crippen molar-refractivity contribution in [1.29, 1.82) is 0 Å². The van der Waals surface area contributed by atoms with Gasteiger partial charge >= 0.3 is 0 Å². The Morgan fingerprint density at radius 1 is 0.943 bits per heavy atom. The number of ether oxygens (including phenoxy) is 3. The van der Waals surface area contributed by atoms with E-state index in [0.29, 0.717) is 34.0 Å². The van der Waals surface area contributed by atoms with Gasteiger partial charge in [-0.3, -0.25) is 14.4 Å². The van der Waals surface area contributed by atoms with Gasteiger partial charge < -0.3 is 38.5 Å². The Morgan fingerprint density at radius 2 is 1.60 bits per heavy atom. The Morgan fingerprint density at radius 3 is 2.23 bits per heavy atom. The predicted molar refractivity (Wildman–Crippen MR) is 203 cm³/mol. The van der Waals surface area contributed by atoms with Gasteiger partial charge in [0.1, 0.15) is 11.5 Å². The lowest BCUT2D eigenvalue weighted by Crippen LogP contribution is -2.45. The maximum absolute atomic E-state index is 16.4. The molecule has 0 aliphatic carbocycles. The zero-order valence-corrected chi connectivity index (χ0v) is 31.7. The first-order valence-corrected chi connectivity index (χ1v) is 20.7. The van der Waals surface area contributed by atoms with Crippen molar-refractivity contribution >= 4 is 37.5 Å². The Hall–Kier alpha value is -5.04. The van der Waals surface area contributed by atoms with Crippen LogP contribution in [-0.2, 0) is 33.0 Å². The largest absolute Gasteiger partial charge is 0.497 e. The van der Waals surface area contributed by atoms with Gasteiger partial charge in [-0.05, 0) is 78.8 Å². The minimum absolute atomic E-state index is 0.110. The van der Waals surface area contributed by atoms with E-state index in [1.165, 1.54) is 0 Å². The van der Waals surface area contributed by atoms with Crippen LogP contribution in [0.4, 0.5) is 15.5 Å². The van der Waals surface area contributed by atoms with Crippen LogP contribution in [0.2, 0.25) is 18.6 Å². The third kappa shape index (κ3) is 7.57. The normalized spacial score (nSPS) is 20.7. The molecule has 4 aromatic carbocycles. The predicted octanol–water partition coefficient (Wildman–Crippen LogP) is 6.69. The summed E-state index contributed by atoms with van der Waals surface area (Å²) in [7, 11) is -0.438. The number of methoxy groups -OCH3 is 2. The van der Waals surface area contributed by atoms with E-state index in [2.05, 4.69) is 5.32 Å². The van der Waals surface area contributed by atoms with Crippen LogP contribution >= 0.6 is 0 Å². The van der Waals surface area contributed by atoms with E-state index in [9.17, 15) is 19.5 Å². The van der Waals surface area contributed by atoms with Gasteiger partial charge in [0.05, 0.1) is 45.6 Å². The molecule has 1 fully saturated rings. The first-order chi connectivity index (χ1) is 25.4. The van der Waals surface area contributed by atoms with Crippen LogP contribution in [0.3, 0.4) is 0 Å². The molecule has 278 valence electrons. The van der Waals surface area contributed by atoms with Crippen LogP contribution in [-0.4, -0.2) is 69.6 Å². The summed E-state index contributed by atoms with van der Waals surface area (Å²) < 4.78 is 34.0. The fourth-order valence-electron chi connectivity index (χ4n) is 7.85. The van der Waals surface area contributed by atoms with Crippen LogP contribution in [0.25, 0.3) is 0 Å². The Kier molecular flexibility index (Phi) is 11.0. The van der Waals surface area contributed by atoms with Gasteiger partial charge in [-0.1, -0.05) is 49.4 Å². The molecule has 1 spiro atoms. The zero-order valence-electron chi connectivity index (χ0n) is 30.7. The SMILES string of the molecule is COc1ccc(C(=O)Nc2ccc(CN3C(=O)[C@@]4(O[C@@H](CC(=O)N(CCO)Cc5ccccc5)[C@H]([Si](C)(C)F)[C@H]4C)c4cc(OC)ccc43)cc2)cc1. The molecule has 3 amide bonds. The van der Waals surface area contributed by atoms with E-state index in [-0.39, 0.29) is 50.4 Å². The van der Waals surface area contributed by atoms with Crippen molar-refractivity contribution in [1.82, 2.24) is 4.90 Å². The number of aliphatic hydroxyl groups excluding tert-OH is 1. The highest BCUT2D eigenvalue weighted by molar-refractivity contribution is 6.72. The number of rotatable bonds is 13. The number of nitrogens with zero attached hydrogens (tertiary/aromatic N) is 2. The number of carbonyl (C=O) groups is 3. The van der Waals surface area contributed by atoms with Crippen LogP contribution in [0.1, 0.15) is 40.4 Å². The van der Waals surface area contributed by atoms with Crippen LogP contribution < -0.4 is 19.7 Å². The van der Waals surface area contributed by atoms with E-state index in [1.807, 2.05) is 55.5 Å². The average Bonchev–Trinajstić information content (AvgIpc) is 3.58. The van der Waals surface area contributed by atoms with Gasteiger partial charge in [-0.2, -0.15) is 0 Å². The number of halogens is 1. The van der Waals surface area contributed by atoms with Crippen LogP contribution in [0, 0.1) is 5.92 Å². The third-order valence-corrected chi connectivity index (χ3v) is 12.8. The summed E-state index contributed by atoms with van der Waals surface area (Å²) in [6.45, 7) is 5.40. The molecule has 2 heterocycles. The molecule has 12 heteroatoms. The molecule has 0 radical (unpaired) electrons. The van der Waals surface area contributed by atoms with E-state index in [0.717, 1.165) is 11.1 Å². The molecule has 0 bridgehead atoms. The molecule has 6 rings (SSSR count). The summed E-state index contributed by atoms with van der Waals surface area (Å²) >= 11 is 0. The van der Waals surface area contributed by atoms with Gasteiger partial charge in [-0.25, -0.2) is 0 Å². The van der Waals surface area contributed by atoms with E-state index < -0.39 is 31.6 Å². The summed E-state index contributed by atoms with van der Waals surface area (Å²) in [5.41, 5.74) is 1.73. The van der Waals surface area contributed by atoms with Crippen molar-refractivity contribution in [3.05, 3.63) is 119 Å². The van der Waals surface area contributed by atoms with E-state index >= 15 is 4.11 Å². The third-order valence-electron chi connectivity index (χ3n) is 10.4. The number of nitrogens with one attached hydrogen (secondary N) is 1. The number of carbonyl (C=O) groups excluding carboxylic acids is 3. The van der Waals surface area contributed by atoms with E-state index in [1.54, 1.807) is 85.6 Å². The number of aliphatic hydroxyl groups is 1. The molecular formula is C41H46FN3O7Si. The fourth-order valence-corrected chi connectivity index (χ4v) is 10.3. The number of benzene rings is 4. The molecule has 53 heavy (non-hydrogen) atoms. The number of fused-ring (bicyclic) bond motifs is 2. The summed E-state index contributed by atoms with van der Waals surface area (Å²) in [5.74, 6) is -0.317. The summed E-state index contributed by atoms with van der Waals surface area (Å²) in [6, 6.07) is 28.9. The summed E-state index contributed by atoms with van der Waals surface area (Å²) in [4.78, 5) is 44.8. The first-order valence-electron chi connectivity index (χ1n) is 17.7. The smallest absolute Gasteiger partial charge is 0.264 e. The van der Waals surface area contributed by atoms with Crippen molar-refractivity contribution in [2.45, 2.75) is 56.8 Å². The molecular weight excluding hydrogens is 694 g/mol. The lowest BCUT2D eigenvalue weighted by atomic mass is 9.82. The molecule has 0 unspecified atom stereocenters. The fraction of sp³-hybridized carbons (Fsp3) is 0.341. The maximum Gasteiger partial charge on any atom is 0.264 e. The number of amides is 3. The quantitative estimate of drug-likeness (QED) is 0.116. The Balaban J connectivity index is 1.27. The van der Waals surface area contributed by atoms with E-state index in [4.69, 9.17) is 14.2 Å². The number of hydrogen-bond acceptors (Lipinski definition) is 7. The van der Waals surface area contributed by atoms with Gasteiger partial charge in [0.15, 0.2) is 5.60 Å². The van der Waals surface area contributed by atoms with Crippen molar-refractivity contribution in [2.24, 2.45) is 5.92 Å². The van der Waals surface area contributed by atoms with Crippen LogP contribution in [0.15, 0.2) is 97.1 Å². The molecule has 10 nitrogen and oxygen atoms in total. The Bertz CT molecular complexity index is 1940. The zero-order chi connectivity index (χ0) is 37.9. The molecule has 1 saturated heterocycles. The molecule has 0 saturated carbocycles. The summed E-state index contributed by atoms with van der Waals surface area (Å²) in [6.07, 6.45) is -1.02. The lowest BCUT2D eigenvalue weighted by molar-refractivity contribution is -0.150. The second-order valence-electron chi connectivity index (χ2n) is 14.2. The standard InChI is InChI=1S/C41H46FN3O7Si/c1-27-38(53(4,5)42)36(24-37(47)44(21-22-46)25-28-9-7-6-8-10-28)52-41(27)34-23-33(51-3)19-20-35(34)45(40(41)49)26-29-11-15-31(16-12-29)43-39(48)30-13-17-32(50-2)18-14-30/h6-20,23,27,36,38,46H,21-22,24-26H2,1-5H3,(H,43,48)/t27-,36+,38-,41+/m1/s1. The maximum atomic E-state index is 16.4. The van der Waals surface area contributed by atoms with Crippen molar-refractivity contribution in [3.63, 3.8) is 0 Å². The molecule has 4 aromatic rings. The highest BCUT2D eigenvalue weighted by atomic mass is 28.4. The second kappa shape index (κ2) is 15.5. The van der Waals surface area contributed by atoms with Gasteiger partial charge in [-0.15, -0.1) is 0 Å². The molecule has 2 aliphatic heterocycles. The highest BCUT2D eigenvalue weighted by Gasteiger charge is 2.67. The summed E-state index contributed by atoms with van der Waals surface area (Å²) in [5, 5.41) is 12.7.